The average molecular weight is 479 g/mol. The maximum Gasteiger partial charge on any atom is 0.412 e. The van der Waals surface area contributed by atoms with Crippen molar-refractivity contribution in [3.63, 3.8) is 0 Å². The molecule has 1 aliphatic heterocycles. The first kappa shape index (κ1) is 19.1. The summed E-state index contributed by atoms with van der Waals surface area (Å²) in [4.78, 5) is 12.7. The standard InChI is InChI=1S/C21H14BrCl2NO3/c22-13-8-9-18-15(10-13)20(14-5-2-1-4-12(14)11-27-18)28-21(26)25-19-16(23)6-3-7-17(19)24/h1-10,20H,11H2,(H,25,26). The van der Waals surface area contributed by atoms with Gasteiger partial charge in [0, 0.05) is 15.6 Å². The first-order chi connectivity index (χ1) is 13.5. The Labute approximate surface area is 180 Å². The molecule has 3 aromatic carbocycles. The van der Waals surface area contributed by atoms with E-state index in [2.05, 4.69) is 21.2 Å². The molecule has 0 aliphatic carbocycles. The van der Waals surface area contributed by atoms with Gasteiger partial charge in [-0.1, -0.05) is 69.5 Å². The van der Waals surface area contributed by atoms with Gasteiger partial charge in [-0.2, -0.15) is 0 Å². The maximum atomic E-state index is 12.7. The van der Waals surface area contributed by atoms with Crippen LogP contribution in [0.2, 0.25) is 10.0 Å². The lowest BCUT2D eigenvalue weighted by Gasteiger charge is -2.20. The number of halogens is 3. The van der Waals surface area contributed by atoms with Crippen LogP contribution in [0.3, 0.4) is 0 Å². The summed E-state index contributed by atoms with van der Waals surface area (Å²) in [7, 11) is 0. The third-order valence-electron chi connectivity index (χ3n) is 4.39. The molecule has 7 heteroatoms. The maximum absolute atomic E-state index is 12.7. The van der Waals surface area contributed by atoms with Crippen LogP contribution in [0.1, 0.15) is 22.8 Å². The summed E-state index contributed by atoms with van der Waals surface area (Å²) >= 11 is 15.8. The molecule has 1 unspecified atom stereocenters. The molecule has 4 nitrogen and oxygen atoms in total. The summed E-state index contributed by atoms with van der Waals surface area (Å²) in [5.74, 6) is 0.660. The van der Waals surface area contributed by atoms with E-state index in [1.807, 2.05) is 42.5 Å². The van der Waals surface area contributed by atoms with E-state index in [0.717, 1.165) is 21.2 Å². The molecule has 1 aliphatic rings. The van der Waals surface area contributed by atoms with Crippen molar-refractivity contribution in [3.05, 3.63) is 91.9 Å². The summed E-state index contributed by atoms with van der Waals surface area (Å²) < 4.78 is 12.6. The number of anilines is 1. The van der Waals surface area contributed by atoms with Crippen molar-refractivity contribution in [2.24, 2.45) is 0 Å². The molecule has 4 rings (SSSR count). The lowest BCUT2D eigenvalue weighted by molar-refractivity contribution is 0.130. The highest BCUT2D eigenvalue weighted by Crippen LogP contribution is 2.40. The molecule has 0 aromatic heterocycles. The van der Waals surface area contributed by atoms with Gasteiger partial charge in [0.05, 0.1) is 15.7 Å². The third-order valence-corrected chi connectivity index (χ3v) is 5.51. The highest BCUT2D eigenvalue weighted by molar-refractivity contribution is 9.10. The molecule has 1 heterocycles. The van der Waals surface area contributed by atoms with Crippen molar-refractivity contribution in [1.82, 2.24) is 0 Å². The average Bonchev–Trinajstić information content (AvgIpc) is 2.82. The van der Waals surface area contributed by atoms with Crippen molar-refractivity contribution in [3.8, 4) is 5.75 Å². The number of hydrogen-bond acceptors (Lipinski definition) is 3. The largest absolute Gasteiger partial charge is 0.488 e. The SMILES string of the molecule is O=C(Nc1c(Cl)cccc1Cl)OC1c2ccccc2COc2ccc(Br)cc21. The normalized spacial score (nSPS) is 14.9. The minimum absolute atomic E-state index is 0.309. The van der Waals surface area contributed by atoms with Gasteiger partial charge in [0.15, 0.2) is 6.10 Å². The highest BCUT2D eigenvalue weighted by atomic mass is 79.9. The van der Waals surface area contributed by atoms with Gasteiger partial charge in [-0.25, -0.2) is 4.79 Å². The molecule has 3 aromatic rings. The summed E-state index contributed by atoms with van der Waals surface area (Å²) in [5.41, 5.74) is 2.87. The van der Waals surface area contributed by atoms with Crippen LogP contribution in [0.4, 0.5) is 10.5 Å². The highest BCUT2D eigenvalue weighted by Gasteiger charge is 2.28. The Morgan fingerprint density at radius 3 is 2.57 bits per heavy atom. The van der Waals surface area contributed by atoms with Gasteiger partial charge in [0.1, 0.15) is 12.4 Å². The molecule has 0 fully saturated rings. The minimum Gasteiger partial charge on any atom is -0.488 e. The molecular formula is C21H14BrCl2NO3. The Balaban J connectivity index is 1.70. The Morgan fingerprint density at radius 1 is 1.04 bits per heavy atom. The van der Waals surface area contributed by atoms with E-state index in [-0.39, 0.29) is 0 Å². The fourth-order valence-corrected chi connectivity index (χ4v) is 3.95. The molecule has 0 spiro atoms. The first-order valence-electron chi connectivity index (χ1n) is 8.44. The van der Waals surface area contributed by atoms with Crippen LogP contribution in [-0.4, -0.2) is 6.09 Å². The molecule has 142 valence electrons. The number of carbonyl (C=O) groups excluding carboxylic acids is 1. The van der Waals surface area contributed by atoms with E-state index in [4.69, 9.17) is 32.7 Å². The van der Waals surface area contributed by atoms with Gasteiger partial charge >= 0.3 is 6.09 Å². The zero-order valence-electron chi connectivity index (χ0n) is 14.4. The van der Waals surface area contributed by atoms with E-state index in [9.17, 15) is 4.79 Å². The van der Waals surface area contributed by atoms with Crippen LogP contribution in [-0.2, 0) is 11.3 Å². The van der Waals surface area contributed by atoms with Crippen molar-refractivity contribution >= 4 is 50.9 Å². The predicted molar refractivity (Wildman–Crippen MR) is 113 cm³/mol. The molecule has 1 N–H and O–H groups in total. The lowest BCUT2D eigenvalue weighted by atomic mass is 9.97. The monoisotopic (exact) mass is 477 g/mol. The van der Waals surface area contributed by atoms with Crippen molar-refractivity contribution in [2.75, 3.05) is 5.32 Å². The number of fused-ring (bicyclic) bond motifs is 2. The fourth-order valence-electron chi connectivity index (χ4n) is 3.08. The third kappa shape index (κ3) is 3.83. The van der Waals surface area contributed by atoms with Crippen molar-refractivity contribution < 1.29 is 14.3 Å². The quantitative estimate of drug-likeness (QED) is 0.431. The fraction of sp³-hybridized carbons (Fsp3) is 0.0952. The number of rotatable bonds is 2. The number of benzene rings is 3. The number of ether oxygens (including phenoxy) is 2. The smallest absolute Gasteiger partial charge is 0.412 e. The molecule has 0 radical (unpaired) electrons. The van der Waals surface area contributed by atoms with Gasteiger partial charge in [0.2, 0.25) is 0 Å². The summed E-state index contributed by atoms with van der Waals surface area (Å²) in [5, 5.41) is 3.31. The zero-order valence-corrected chi connectivity index (χ0v) is 17.5. The Morgan fingerprint density at radius 2 is 1.79 bits per heavy atom. The summed E-state index contributed by atoms with van der Waals surface area (Å²) in [6.07, 6.45) is -1.31. The minimum atomic E-state index is -0.664. The Kier molecular flexibility index (Phi) is 5.49. The molecule has 0 saturated heterocycles. The van der Waals surface area contributed by atoms with Crippen LogP contribution in [0.25, 0.3) is 0 Å². The molecule has 28 heavy (non-hydrogen) atoms. The number of amides is 1. The van der Waals surface area contributed by atoms with Gasteiger partial charge in [0.25, 0.3) is 0 Å². The van der Waals surface area contributed by atoms with Crippen LogP contribution in [0.5, 0.6) is 5.75 Å². The van der Waals surface area contributed by atoms with E-state index >= 15 is 0 Å². The molecular weight excluding hydrogens is 465 g/mol. The van der Waals surface area contributed by atoms with Crippen LogP contribution < -0.4 is 10.1 Å². The van der Waals surface area contributed by atoms with Gasteiger partial charge in [-0.05, 0) is 35.9 Å². The number of hydrogen-bond donors (Lipinski definition) is 1. The second-order valence-corrected chi connectivity index (χ2v) is 7.91. The summed E-state index contributed by atoms with van der Waals surface area (Å²) in [6.45, 7) is 0.391. The summed E-state index contributed by atoms with van der Waals surface area (Å²) in [6, 6.07) is 18.3. The van der Waals surface area contributed by atoms with E-state index in [1.165, 1.54) is 0 Å². The second kappa shape index (κ2) is 8.03. The van der Waals surface area contributed by atoms with Crippen LogP contribution in [0.15, 0.2) is 65.1 Å². The molecule has 0 bridgehead atoms. The zero-order chi connectivity index (χ0) is 19.7. The van der Waals surface area contributed by atoms with Gasteiger partial charge in [-0.3, -0.25) is 5.32 Å². The first-order valence-corrected chi connectivity index (χ1v) is 9.99. The Hall–Kier alpha value is -2.21. The molecule has 1 atom stereocenters. The van der Waals surface area contributed by atoms with Crippen molar-refractivity contribution in [2.45, 2.75) is 12.7 Å². The van der Waals surface area contributed by atoms with Crippen molar-refractivity contribution in [1.29, 1.82) is 0 Å². The van der Waals surface area contributed by atoms with Crippen LogP contribution in [0, 0.1) is 0 Å². The molecule has 1 amide bonds. The number of para-hydroxylation sites is 1. The van der Waals surface area contributed by atoms with E-state index in [0.29, 0.717) is 28.1 Å². The second-order valence-electron chi connectivity index (χ2n) is 6.18. The van der Waals surface area contributed by atoms with E-state index in [1.54, 1.807) is 18.2 Å². The topological polar surface area (TPSA) is 47.6 Å². The van der Waals surface area contributed by atoms with Gasteiger partial charge < -0.3 is 9.47 Å². The molecule has 0 saturated carbocycles. The number of nitrogens with one attached hydrogen (secondary N) is 1. The van der Waals surface area contributed by atoms with E-state index < -0.39 is 12.2 Å². The lowest BCUT2D eigenvalue weighted by Crippen LogP contribution is -2.19. The van der Waals surface area contributed by atoms with Crippen LogP contribution >= 0.6 is 39.1 Å². The predicted octanol–water partition coefficient (Wildman–Crippen LogP) is 6.99. The number of carbonyl (C=O) groups is 1. The Bertz CT molecular complexity index is 1040. The van der Waals surface area contributed by atoms with Gasteiger partial charge in [-0.15, -0.1) is 0 Å².